The third-order valence-electron chi connectivity index (χ3n) is 4.44. The number of nitrogens with one attached hydrogen (secondary N) is 2. The van der Waals surface area contributed by atoms with Crippen molar-refractivity contribution in [2.45, 2.75) is 26.4 Å². The van der Waals surface area contributed by atoms with E-state index in [2.05, 4.69) is 46.3 Å². The molecule has 7 heteroatoms. The van der Waals surface area contributed by atoms with E-state index in [1.165, 1.54) is 0 Å². The Morgan fingerprint density at radius 3 is 2.52 bits per heavy atom. The second-order valence-corrected chi connectivity index (χ2v) is 6.76. The average Bonchev–Trinajstić information content (AvgIpc) is 2.59. The molecule has 0 aliphatic carbocycles. The van der Waals surface area contributed by atoms with E-state index in [1.54, 1.807) is 0 Å². The third kappa shape index (κ3) is 7.68. The Balaban J connectivity index is 0.00000312. The Morgan fingerprint density at radius 2 is 1.88 bits per heavy atom. The third-order valence-corrected chi connectivity index (χ3v) is 4.80. The number of guanidine groups is 1. The lowest BCUT2D eigenvalue weighted by molar-refractivity contribution is 0.120. The standard InChI is InChI=1S/C18H30ClN5.HI/c1-4-20-18(22-14-16-7-5-6-8-17(16)19)21-13-15(2)24-11-9-23(3)10-12-24;/h5-8,15H,4,9-14H2,1-3H3,(H2,20,21,22);1H. The zero-order chi connectivity index (χ0) is 17.4. The molecule has 1 aliphatic rings. The molecule has 0 amide bonds. The van der Waals surface area contributed by atoms with Crippen molar-refractivity contribution in [3.63, 3.8) is 0 Å². The Bertz CT molecular complexity index is 532. The maximum absolute atomic E-state index is 6.20. The minimum absolute atomic E-state index is 0. The Labute approximate surface area is 174 Å². The second-order valence-electron chi connectivity index (χ2n) is 6.36. The van der Waals surface area contributed by atoms with Crippen LogP contribution in [0.25, 0.3) is 0 Å². The molecule has 0 saturated carbocycles. The maximum Gasteiger partial charge on any atom is 0.191 e. The topological polar surface area (TPSA) is 42.9 Å². The van der Waals surface area contributed by atoms with Crippen LogP contribution in [0.15, 0.2) is 29.3 Å². The van der Waals surface area contributed by atoms with Crippen LogP contribution in [0.4, 0.5) is 0 Å². The first-order valence-electron chi connectivity index (χ1n) is 8.78. The first-order chi connectivity index (χ1) is 11.6. The molecular formula is C18H31ClIN5. The molecule has 1 aliphatic heterocycles. The number of nitrogens with zero attached hydrogens (tertiary/aromatic N) is 3. The number of hydrogen-bond donors (Lipinski definition) is 2. The van der Waals surface area contributed by atoms with Gasteiger partial charge in [0, 0.05) is 50.3 Å². The minimum atomic E-state index is 0. The molecule has 1 aromatic rings. The van der Waals surface area contributed by atoms with Gasteiger partial charge >= 0.3 is 0 Å². The number of likely N-dealkylation sites (N-methyl/N-ethyl adjacent to an activating group) is 1. The van der Waals surface area contributed by atoms with Gasteiger partial charge in [-0.15, -0.1) is 24.0 Å². The summed E-state index contributed by atoms with van der Waals surface area (Å²) in [5.74, 6) is 0.846. The summed E-state index contributed by atoms with van der Waals surface area (Å²) < 4.78 is 0. The minimum Gasteiger partial charge on any atom is -0.357 e. The van der Waals surface area contributed by atoms with Crippen molar-refractivity contribution >= 4 is 41.5 Å². The summed E-state index contributed by atoms with van der Waals surface area (Å²) in [5.41, 5.74) is 1.04. The normalized spacial score (nSPS) is 17.7. The van der Waals surface area contributed by atoms with Crippen molar-refractivity contribution in [3.05, 3.63) is 34.9 Å². The number of rotatable bonds is 6. The van der Waals surface area contributed by atoms with E-state index in [1.807, 2.05) is 24.3 Å². The van der Waals surface area contributed by atoms with Gasteiger partial charge < -0.3 is 15.5 Å². The summed E-state index contributed by atoms with van der Waals surface area (Å²) in [6.07, 6.45) is 0. The fourth-order valence-electron chi connectivity index (χ4n) is 2.77. The highest BCUT2D eigenvalue weighted by Gasteiger charge is 2.19. The largest absolute Gasteiger partial charge is 0.357 e. The van der Waals surface area contributed by atoms with E-state index in [-0.39, 0.29) is 24.0 Å². The van der Waals surface area contributed by atoms with Gasteiger partial charge in [-0.1, -0.05) is 29.8 Å². The van der Waals surface area contributed by atoms with E-state index in [0.717, 1.165) is 55.8 Å². The molecule has 1 unspecified atom stereocenters. The molecule has 0 bridgehead atoms. The van der Waals surface area contributed by atoms with Gasteiger partial charge in [-0.3, -0.25) is 4.90 Å². The summed E-state index contributed by atoms with van der Waals surface area (Å²) in [5, 5.41) is 7.53. The molecular weight excluding hydrogens is 449 g/mol. The maximum atomic E-state index is 6.20. The molecule has 5 nitrogen and oxygen atoms in total. The number of benzene rings is 1. The van der Waals surface area contributed by atoms with Crippen molar-refractivity contribution in [2.75, 3.05) is 46.3 Å². The van der Waals surface area contributed by atoms with Gasteiger partial charge in [-0.25, -0.2) is 4.99 Å². The van der Waals surface area contributed by atoms with Gasteiger partial charge in [0.1, 0.15) is 0 Å². The lowest BCUT2D eigenvalue weighted by Crippen LogP contribution is -2.52. The summed E-state index contributed by atoms with van der Waals surface area (Å²) in [7, 11) is 2.19. The molecule has 0 aromatic heterocycles. The smallest absolute Gasteiger partial charge is 0.191 e. The molecule has 1 heterocycles. The highest BCUT2D eigenvalue weighted by molar-refractivity contribution is 14.0. The van der Waals surface area contributed by atoms with E-state index in [4.69, 9.17) is 11.6 Å². The van der Waals surface area contributed by atoms with Gasteiger partial charge in [0.25, 0.3) is 0 Å². The summed E-state index contributed by atoms with van der Waals surface area (Å²) in [4.78, 5) is 9.57. The predicted molar refractivity (Wildman–Crippen MR) is 118 cm³/mol. The second kappa shape index (κ2) is 11.9. The lowest BCUT2D eigenvalue weighted by atomic mass is 10.2. The van der Waals surface area contributed by atoms with Crippen LogP contribution in [0.5, 0.6) is 0 Å². The van der Waals surface area contributed by atoms with Gasteiger partial charge in [0.05, 0.1) is 6.54 Å². The van der Waals surface area contributed by atoms with Crippen LogP contribution in [0.2, 0.25) is 5.02 Å². The number of aliphatic imine (C=N–C) groups is 1. The summed E-state index contributed by atoms with van der Waals surface area (Å²) in [6.45, 7) is 11.2. The zero-order valence-corrected chi connectivity index (χ0v) is 18.6. The van der Waals surface area contributed by atoms with E-state index in [0.29, 0.717) is 12.6 Å². The molecule has 1 fully saturated rings. The van der Waals surface area contributed by atoms with Crippen molar-refractivity contribution in [1.82, 2.24) is 20.4 Å². The first kappa shape index (κ1) is 22.5. The van der Waals surface area contributed by atoms with E-state index < -0.39 is 0 Å². The van der Waals surface area contributed by atoms with E-state index >= 15 is 0 Å². The van der Waals surface area contributed by atoms with Gasteiger partial charge in [0.2, 0.25) is 0 Å². The fourth-order valence-corrected chi connectivity index (χ4v) is 2.96. The number of halogens is 2. The Hall–Kier alpha value is -0.570. The Morgan fingerprint density at radius 1 is 1.20 bits per heavy atom. The van der Waals surface area contributed by atoms with Crippen LogP contribution in [-0.4, -0.2) is 68.1 Å². The quantitative estimate of drug-likeness (QED) is 0.374. The summed E-state index contributed by atoms with van der Waals surface area (Å²) >= 11 is 6.20. The molecule has 2 rings (SSSR count). The molecule has 2 N–H and O–H groups in total. The molecule has 142 valence electrons. The van der Waals surface area contributed by atoms with Crippen LogP contribution < -0.4 is 10.6 Å². The molecule has 0 spiro atoms. The van der Waals surface area contributed by atoms with Crippen molar-refractivity contribution in [1.29, 1.82) is 0 Å². The van der Waals surface area contributed by atoms with E-state index in [9.17, 15) is 0 Å². The van der Waals surface area contributed by atoms with Gasteiger partial charge in [0.15, 0.2) is 5.96 Å². The van der Waals surface area contributed by atoms with Crippen LogP contribution in [0.1, 0.15) is 19.4 Å². The van der Waals surface area contributed by atoms with Crippen molar-refractivity contribution in [3.8, 4) is 0 Å². The Kier molecular flexibility index (Phi) is 10.7. The predicted octanol–water partition coefficient (Wildman–Crippen LogP) is 2.65. The lowest BCUT2D eigenvalue weighted by Gasteiger charge is -2.36. The van der Waals surface area contributed by atoms with Crippen molar-refractivity contribution in [2.24, 2.45) is 4.99 Å². The SMILES string of the molecule is CCNC(=NCc1ccccc1Cl)NCC(C)N1CCN(C)CC1.I. The zero-order valence-electron chi connectivity index (χ0n) is 15.5. The first-order valence-corrected chi connectivity index (χ1v) is 9.16. The monoisotopic (exact) mass is 479 g/mol. The van der Waals surface area contributed by atoms with Gasteiger partial charge in [-0.2, -0.15) is 0 Å². The van der Waals surface area contributed by atoms with Gasteiger partial charge in [-0.05, 0) is 32.5 Å². The van der Waals surface area contributed by atoms with Crippen molar-refractivity contribution < 1.29 is 0 Å². The van der Waals surface area contributed by atoms with Crippen LogP contribution in [0.3, 0.4) is 0 Å². The highest BCUT2D eigenvalue weighted by Crippen LogP contribution is 2.15. The van der Waals surface area contributed by atoms with Crippen LogP contribution in [0, 0.1) is 0 Å². The molecule has 1 saturated heterocycles. The summed E-state index contributed by atoms with van der Waals surface area (Å²) in [6, 6.07) is 8.34. The van der Waals surface area contributed by atoms with Crippen LogP contribution >= 0.6 is 35.6 Å². The number of hydrogen-bond acceptors (Lipinski definition) is 3. The molecule has 0 radical (unpaired) electrons. The van der Waals surface area contributed by atoms with Crippen LogP contribution in [-0.2, 0) is 6.54 Å². The number of piperazine rings is 1. The fraction of sp³-hybridized carbons (Fsp3) is 0.611. The molecule has 1 aromatic carbocycles. The average molecular weight is 480 g/mol. The molecule has 1 atom stereocenters. The molecule has 25 heavy (non-hydrogen) atoms. The highest BCUT2D eigenvalue weighted by atomic mass is 127.